The van der Waals surface area contributed by atoms with E-state index in [0.717, 1.165) is 0 Å². The second-order valence-electron chi connectivity index (χ2n) is 6.13. The number of nitrogens with one attached hydrogen (secondary N) is 3. The van der Waals surface area contributed by atoms with Crippen LogP contribution in [0.2, 0.25) is 0 Å². The minimum absolute atomic E-state index is 0.231. The topological polar surface area (TPSA) is 109 Å². The van der Waals surface area contributed by atoms with Crippen molar-refractivity contribution in [2.75, 3.05) is 0 Å². The Hall–Kier alpha value is -3.46. The minimum Gasteiger partial charge on any atom is -0.466 e. The molecule has 3 aromatic rings. The first-order valence-electron chi connectivity index (χ1n) is 8.37. The van der Waals surface area contributed by atoms with Crippen LogP contribution in [0.3, 0.4) is 0 Å². The van der Waals surface area contributed by atoms with Gasteiger partial charge in [-0.2, -0.15) is 0 Å². The summed E-state index contributed by atoms with van der Waals surface area (Å²) < 4.78 is 6.90. The van der Waals surface area contributed by atoms with Crippen molar-refractivity contribution in [3.05, 3.63) is 74.7 Å². The summed E-state index contributed by atoms with van der Waals surface area (Å²) in [6.07, 6.45) is 1.57. The number of benzene rings is 1. The lowest BCUT2D eigenvalue weighted by atomic mass is 10.1. The van der Waals surface area contributed by atoms with Gasteiger partial charge in [0.2, 0.25) is 0 Å². The van der Waals surface area contributed by atoms with E-state index >= 15 is 0 Å². The Kier molecular flexibility index (Phi) is 5.27. The number of aromatic nitrogens is 2. The van der Waals surface area contributed by atoms with Crippen LogP contribution in [-0.4, -0.2) is 21.4 Å². The molecule has 0 bridgehead atoms. The smallest absolute Gasteiger partial charge is 0.273 e. The summed E-state index contributed by atoms with van der Waals surface area (Å²) in [5, 5.41) is 0.389. The second kappa shape index (κ2) is 7.65. The van der Waals surface area contributed by atoms with Gasteiger partial charge >= 0.3 is 0 Å². The average molecular weight is 398 g/mol. The molecule has 0 unspecified atom stereocenters. The van der Waals surface area contributed by atoms with Crippen LogP contribution in [0.15, 0.2) is 46.1 Å². The standard InChI is InChI=1S/C19H18N4O4S/c1-4-7-23-18(26)13-6-5-12(9-15(13)20-19(23)28)16(24)21-22-17(25)14-8-10(2)27-11(14)3/h4-6,8-9H,1,7H2,2-3H3,(H,20,28)(H,21,24)(H,22,25). The van der Waals surface area contributed by atoms with E-state index in [1.165, 1.54) is 22.8 Å². The van der Waals surface area contributed by atoms with E-state index in [-0.39, 0.29) is 22.4 Å². The molecule has 0 saturated carbocycles. The Labute approximate surface area is 164 Å². The van der Waals surface area contributed by atoms with Crippen LogP contribution in [-0.2, 0) is 6.54 Å². The number of fused-ring (bicyclic) bond motifs is 1. The number of aryl methyl sites for hydroxylation is 2. The van der Waals surface area contributed by atoms with Crippen molar-refractivity contribution >= 4 is 34.9 Å². The maximum absolute atomic E-state index is 12.5. The van der Waals surface area contributed by atoms with Crippen molar-refractivity contribution < 1.29 is 14.0 Å². The van der Waals surface area contributed by atoms with Crippen LogP contribution in [0.4, 0.5) is 0 Å². The van der Waals surface area contributed by atoms with Gasteiger partial charge in [0, 0.05) is 12.1 Å². The van der Waals surface area contributed by atoms with Gasteiger partial charge in [0.1, 0.15) is 11.5 Å². The van der Waals surface area contributed by atoms with Crippen LogP contribution in [0.1, 0.15) is 32.2 Å². The first-order chi connectivity index (χ1) is 13.3. The fraction of sp³-hybridized carbons (Fsp3) is 0.158. The molecule has 2 heterocycles. The summed E-state index contributed by atoms with van der Waals surface area (Å²) in [6, 6.07) is 6.11. The van der Waals surface area contributed by atoms with Crippen LogP contribution >= 0.6 is 12.2 Å². The molecule has 28 heavy (non-hydrogen) atoms. The maximum atomic E-state index is 12.5. The number of hydrogen-bond donors (Lipinski definition) is 3. The summed E-state index contributed by atoms with van der Waals surface area (Å²) in [4.78, 5) is 39.9. The molecule has 0 aliphatic heterocycles. The number of carbonyl (C=O) groups is 2. The first kappa shape index (κ1) is 19.3. The van der Waals surface area contributed by atoms with E-state index in [1.54, 1.807) is 26.0 Å². The largest absolute Gasteiger partial charge is 0.466 e. The van der Waals surface area contributed by atoms with Crippen molar-refractivity contribution in [3.63, 3.8) is 0 Å². The lowest BCUT2D eigenvalue weighted by molar-refractivity contribution is 0.0846. The summed E-state index contributed by atoms with van der Waals surface area (Å²) >= 11 is 5.19. The number of furan rings is 1. The monoisotopic (exact) mass is 398 g/mol. The fourth-order valence-electron chi connectivity index (χ4n) is 2.80. The Morgan fingerprint density at radius 3 is 2.61 bits per heavy atom. The van der Waals surface area contributed by atoms with Crippen molar-refractivity contribution in [1.29, 1.82) is 0 Å². The zero-order chi connectivity index (χ0) is 20.4. The molecule has 9 heteroatoms. The highest BCUT2D eigenvalue weighted by Crippen LogP contribution is 2.13. The molecule has 2 aromatic heterocycles. The van der Waals surface area contributed by atoms with Gasteiger partial charge in [-0.05, 0) is 50.3 Å². The molecule has 1 aromatic carbocycles. The number of amides is 2. The maximum Gasteiger partial charge on any atom is 0.273 e. The number of nitrogens with zero attached hydrogens (tertiary/aromatic N) is 1. The van der Waals surface area contributed by atoms with Gasteiger partial charge in [-0.3, -0.25) is 29.8 Å². The molecule has 0 fully saturated rings. The molecular weight excluding hydrogens is 380 g/mol. The van der Waals surface area contributed by atoms with E-state index in [0.29, 0.717) is 28.0 Å². The molecule has 0 aliphatic carbocycles. The van der Waals surface area contributed by atoms with E-state index in [2.05, 4.69) is 22.4 Å². The molecule has 0 radical (unpaired) electrons. The molecule has 0 spiro atoms. The third-order valence-electron chi connectivity index (χ3n) is 4.13. The number of carbonyl (C=O) groups excluding carboxylic acids is 2. The van der Waals surface area contributed by atoms with Gasteiger partial charge in [-0.15, -0.1) is 6.58 Å². The van der Waals surface area contributed by atoms with E-state index in [1.807, 2.05) is 0 Å². The average Bonchev–Trinajstić information content (AvgIpc) is 3.00. The van der Waals surface area contributed by atoms with E-state index < -0.39 is 11.8 Å². The Morgan fingerprint density at radius 1 is 1.25 bits per heavy atom. The molecule has 3 rings (SSSR count). The molecule has 0 saturated heterocycles. The number of rotatable bonds is 4. The van der Waals surface area contributed by atoms with Crippen LogP contribution in [0, 0.1) is 18.6 Å². The highest BCUT2D eigenvalue weighted by Gasteiger charge is 2.15. The summed E-state index contributed by atoms with van der Waals surface area (Å²) in [6.45, 7) is 7.28. The fourth-order valence-corrected chi connectivity index (χ4v) is 3.07. The zero-order valence-electron chi connectivity index (χ0n) is 15.3. The minimum atomic E-state index is -0.539. The van der Waals surface area contributed by atoms with Crippen LogP contribution in [0.5, 0.6) is 0 Å². The summed E-state index contributed by atoms with van der Waals surface area (Å²) in [5.41, 5.74) is 5.42. The third-order valence-corrected chi connectivity index (χ3v) is 4.45. The van der Waals surface area contributed by atoms with Crippen LogP contribution < -0.4 is 16.4 Å². The number of hydrazine groups is 1. The van der Waals surface area contributed by atoms with Gasteiger partial charge in [-0.1, -0.05) is 6.08 Å². The van der Waals surface area contributed by atoms with E-state index in [4.69, 9.17) is 16.6 Å². The lowest BCUT2D eigenvalue weighted by Gasteiger charge is -2.09. The van der Waals surface area contributed by atoms with Gasteiger partial charge in [-0.25, -0.2) is 0 Å². The molecule has 0 aliphatic rings. The van der Waals surface area contributed by atoms with Crippen molar-refractivity contribution in [1.82, 2.24) is 20.4 Å². The van der Waals surface area contributed by atoms with Crippen molar-refractivity contribution in [2.24, 2.45) is 0 Å². The Balaban J connectivity index is 1.82. The Morgan fingerprint density at radius 2 is 1.96 bits per heavy atom. The third kappa shape index (κ3) is 3.65. The molecule has 3 N–H and O–H groups in total. The highest BCUT2D eigenvalue weighted by atomic mass is 32.1. The predicted molar refractivity (Wildman–Crippen MR) is 107 cm³/mol. The second-order valence-corrected chi connectivity index (χ2v) is 6.52. The van der Waals surface area contributed by atoms with Crippen LogP contribution in [0.25, 0.3) is 10.9 Å². The molecule has 2 amide bonds. The highest BCUT2D eigenvalue weighted by molar-refractivity contribution is 7.71. The number of H-pyrrole nitrogens is 1. The first-order valence-corrected chi connectivity index (χ1v) is 8.78. The zero-order valence-corrected chi connectivity index (χ0v) is 16.1. The quantitative estimate of drug-likeness (QED) is 0.355. The number of allylic oxidation sites excluding steroid dienone is 1. The summed E-state index contributed by atoms with van der Waals surface area (Å²) in [7, 11) is 0. The SMILES string of the molecule is C=CCn1c(=S)[nH]c2cc(C(=O)NNC(=O)c3cc(C)oc3C)ccc2c1=O. The summed E-state index contributed by atoms with van der Waals surface area (Å²) in [5.74, 6) is 0.0251. The molecule has 144 valence electrons. The Bertz CT molecular complexity index is 1220. The molecule has 8 nitrogen and oxygen atoms in total. The number of hydrogen-bond acceptors (Lipinski definition) is 5. The number of aromatic amines is 1. The van der Waals surface area contributed by atoms with Gasteiger partial charge < -0.3 is 9.40 Å². The van der Waals surface area contributed by atoms with Crippen molar-refractivity contribution in [3.8, 4) is 0 Å². The van der Waals surface area contributed by atoms with Gasteiger partial charge in [0.15, 0.2) is 4.77 Å². The van der Waals surface area contributed by atoms with Gasteiger partial charge in [0.05, 0.1) is 16.5 Å². The normalized spacial score (nSPS) is 10.6. The predicted octanol–water partition coefficient (Wildman–Crippen LogP) is 2.53. The van der Waals surface area contributed by atoms with E-state index in [9.17, 15) is 14.4 Å². The molecule has 0 atom stereocenters. The van der Waals surface area contributed by atoms with Gasteiger partial charge in [0.25, 0.3) is 17.4 Å². The lowest BCUT2D eigenvalue weighted by Crippen LogP contribution is -2.41. The molecular formula is C19H18N4O4S. The van der Waals surface area contributed by atoms with Crippen molar-refractivity contribution in [2.45, 2.75) is 20.4 Å².